The molecule has 0 aliphatic heterocycles. The predicted octanol–water partition coefficient (Wildman–Crippen LogP) is 7.46. The van der Waals surface area contributed by atoms with Crippen LogP contribution >= 0.6 is 0 Å². The fourth-order valence-electron chi connectivity index (χ4n) is 5.24. The van der Waals surface area contributed by atoms with Crippen molar-refractivity contribution in [1.29, 1.82) is 5.26 Å². The van der Waals surface area contributed by atoms with Gasteiger partial charge in [0.2, 0.25) is 0 Å². The van der Waals surface area contributed by atoms with Crippen molar-refractivity contribution in [3.05, 3.63) is 59.7 Å². The van der Waals surface area contributed by atoms with Crippen LogP contribution < -0.4 is 0 Å². The van der Waals surface area contributed by atoms with Gasteiger partial charge < -0.3 is 0 Å². The summed E-state index contributed by atoms with van der Waals surface area (Å²) in [4.78, 5) is 0. The van der Waals surface area contributed by atoms with Crippen molar-refractivity contribution in [1.82, 2.24) is 0 Å². The Kier molecular flexibility index (Phi) is 7.83. The molecule has 2 saturated carbocycles. The van der Waals surface area contributed by atoms with Crippen LogP contribution in [0.5, 0.6) is 0 Å². The lowest BCUT2D eigenvalue weighted by molar-refractivity contribution is 0.157. The van der Waals surface area contributed by atoms with Gasteiger partial charge in [0.05, 0.1) is 6.07 Å². The zero-order valence-electron chi connectivity index (χ0n) is 16.6. The molecule has 0 N–H and O–H groups in total. The molecule has 2 fully saturated rings. The molecule has 0 aromatic heterocycles. The quantitative estimate of drug-likeness (QED) is 0.369. The number of hydrogen-bond donors (Lipinski definition) is 0. The van der Waals surface area contributed by atoms with Crippen LogP contribution in [0.25, 0.3) is 0 Å². The molecule has 0 atom stereocenters. The highest BCUT2D eigenvalue weighted by atomic mass is 19.2. The lowest BCUT2D eigenvalue weighted by Crippen LogP contribution is -2.25. The van der Waals surface area contributed by atoms with Crippen LogP contribution in [-0.2, 0) is 0 Å². The Balaban J connectivity index is 1.38. The maximum atomic E-state index is 13.5. The number of allylic oxidation sites excluding steroid dienone is 4. The molecule has 0 bridgehead atoms. The second-order valence-corrected chi connectivity index (χ2v) is 8.56. The summed E-state index contributed by atoms with van der Waals surface area (Å²) < 4.78 is 26.7. The fourth-order valence-corrected chi connectivity index (χ4v) is 5.24. The smallest absolute Gasteiger partial charge is 0.159 e. The van der Waals surface area contributed by atoms with E-state index in [9.17, 15) is 8.78 Å². The predicted molar refractivity (Wildman–Crippen MR) is 110 cm³/mol. The van der Waals surface area contributed by atoms with E-state index in [2.05, 4.69) is 6.08 Å². The zero-order valence-corrected chi connectivity index (χ0v) is 16.6. The molecule has 3 rings (SSSR count). The third kappa shape index (κ3) is 5.77. The van der Waals surface area contributed by atoms with Gasteiger partial charge in [-0.2, -0.15) is 5.26 Å². The minimum absolute atomic E-state index is 0.393. The molecular weight excluding hydrogens is 352 g/mol. The van der Waals surface area contributed by atoms with Crippen molar-refractivity contribution in [2.24, 2.45) is 17.8 Å². The third-order valence-corrected chi connectivity index (χ3v) is 6.90. The van der Waals surface area contributed by atoms with Gasteiger partial charge in [0.25, 0.3) is 0 Å². The summed E-state index contributed by atoms with van der Waals surface area (Å²) in [5, 5.41) is 8.45. The van der Waals surface area contributed by atoms with E-state index in [-0.39, 0.29) is 0 Å². The summed E-state index contributed by atoms with van der Waals surface area (Å²) in [6, 6.07) is 6.43. The molecule has 150 valence electrons. The van der Waals surface area contributed by atoms with Gasteiger partial charge in [0.15, 0.2) is 11.6 Å². The van der Waals surface area contributed by atoms with E-state index in [1.165, 1.54) is 63.2 Å². The minimum atomic E-state index is -0.747. The molecule has 0 amide bonds. The second kappa shape index (κ2) is 10.6. The normalized spacial score (nSPS) is 28.6. The van der Waals surface area contributed by atoms with Crippen LogP contribution in [-0.4, -0.2) is 0 Å². The monoisotopic (exact) mass is 383 g/mol. The lowest BCUT2D eigenvalue weighted by atomic mass is 9.68. The summed E-state index contributed by atoms with van der Waals surface area (Å²) in [6.45, 7) is 0. The van der Waals surface area contributed by atoms with E-state index in [1.807, 2.05) is 12.1 Å². The van der Waals surface area contributed by atoms with Crippen molar-refractivity contribution < 1.29 is 8.78 Å². The molecular formula is C25H31F2N. The molecule has 0 unspecified atom stereocenters. The number of halogens is 2. The molecule has 2 aliphatic rings. The van der Waals surface area contributed by atoms with Crippen molar-refractivity contribution >= 4 is 0 Å². The molecule has 2 aliphatic carbocycles. The van der Waals surface area contributed by atoms with E-state index >= 15 is 0 Å². The molecule has 0 spiro atoms. The Labute approximate surface area is 168 Å². The van der Waals surface area contributed by atoms with Gasteiger partial charge in [-0.3, -0.25) is 0 Å². The standard InChI is InChI=1S/C25H31F2N/c26-24-16-15-23(18-25(24)27)22-13-11-21(12-14-22)20-9-7-19(8-10-20)6-4-2-1-3-5-17-28/h1-3,5,15-16,18-22H,4,6-14H2/b2-1+,5-3+. The summed E-state index contributed by atoms with van der Waals surface area (Å²) in [6.07, 6.45) is 19.9. The van der Waals surface area contributed by atoms with Crippen molar-refractivity contribution in [2.45, 2.75) is 70.1 Å². The van der Waals surface area contributed by atoms with E-state index < -0.39 is 11.6 Å². The molecule has 0 heterocycles. The first-order valence-electron chi connectivity index (χ1n) is 10.8. The zero-order chi connectivity index (χ0) is 19.8. The molecule has 1 nitrogen and oxygen atoms in total. The van der Waals surface area contributed by atoms with Gasteiger partial charge in [-0.1, -0.05) is 37.1 Å². The summed E-state index contributed by atoms with van der Waals surface area (Å²) in [5.41, 5.74) is 0.971. The highest BCUT2D eigenvalue weighted by Crippen LogP contribution is 2.44. The van der Waals surface area contributed by atoms with Crippen molar-refractivity contribution in [2.75, 3.05) is 0 Å². The van der Waals surface area contributed by atoms with Crippen LogP contribution in [0, 0.1) is 40.7 Å². The van der Waals surface area contributed by atoms with Gasteiger partial charge in [-0.05, 0) is 92.7 Å². The summed E-state index contributed by atoms with van der Waals surface area (Å²) >= 11 is 0. The van der Waals surface area contributed by atoms with Crippen LogP contribution in [0.2, 0.25) is 0 Å². The molecule has 0 radical (unpaired) electrons. The first-order valence-corrected chi connectivity index (χ1v) is 10.8. The van der Waals surface area contributed by atoms with E-state index in [1.54, 1.807) is 12.1 Å². The number of nitriles is 1. The summed E-state index contributed by atoms with van der Waals surface area (Å²) in [5.74, 6) is 1.45. The Bertz CT molecular complexity index is 715. The van der Waals surface area contributed by atoms with Crippen LogP contribution in [0.1, 0.15) is 75.7 Å². The van der Waals surface area contributed by atoms with Crippen LogP contribution in [0.3, 0.4) is 0 Å². The second-order valence-electron chi connectivity index (χ2n) is 8.56. The molecule has 1 aromatic rings. The van der Waals surface area contributed by atoms with Crippen molar-refractivity contribution in [3.8, 4) is 6.07 Å². The fraction of sp³-hybridized carbons (Fsp3) is 0.560. The van der Waals surface area contributed by atoms with E-state index in [4.69, 9.17) is 5.26 Å². The molecule has 3 heteroatoms. The number of hydrogen-bond acceptors (Lipinski definition) is 1. The number of rotatable bonds is 6. The first-order chi connectivity index (χ1) is 13.7. The molecule has 1 aromatic carbocycles. The average Bonchev–Trinajstić information content (AvgIpc) is 2.73. The van der Waals surface area contributed by atoms with Gasteiger partial charge in [0, 0.05) is 6.08 Å². The van der Waals surface area contributed by atoms with E-state index in [0.717, 1.165) is 42.6 Å². The Morgan fingerprint density at radius 1 is 0.893 bits per heavy atom. The highest BCUT2D eigenvalue weighted by Gasteiger charge is 2.31. The van der Waals surface area contributed by atoms with Gasteiger partial charge >= 0.3 is 0 Å². The topological polar surface area (TPSA) is 23.8 Å². The van der Waals surface area contributed by atoms with Gasteiger partial charge in [-0.25, -0.2) is 8.78 Å². The number of benzene rings is 1. The Morgan fingerprint density at radius 2 is 1.57 bits per heavy atom. The van der Waals surface area contributed by atoms with Gasteiger partial charge in [0.1, 0.15) is 0 Å². The largest absolute Gasteiger partial charge is 0.204 e. The average molecular weight is 384 g/mol. The maximum Gasteiger partial charge on any atom is 0.159 e. The van der Waals surface area contributed by atoms with Crippen molar-refractivity contribution in [3.63, 3.8) is 0 Å². The SMILES string of the molecule is N#C/C=C/C=C/CCC1CCC(C2CCC(c3ccc(F)c(F)c3)CC2)CC1. The molecule has 0 saturated heterocycles. The van der Waals surface area contributed by atoms with Gasteiger partial charge in [-0.15, -0.1) is 0 Å². The Morgan fingerprint density at radius 3 is 2.21 bits per heavy atom. The highest BCUT2D eigenvalue weighted by molar-refractivity contribution is 5.22. The lowest BCUT2D eigenvalue weighted by Gasteiger charge is -2.38. The Hall–Kier alpha value is -1.95. The number of nitrogens with zero attached hydrogens (tertiary/aromatic N) is 1. The summed E-state index contributed by atoms with van der Waals surface area (Å²) in [7, 11) is 0. The first kappa shape index (κ1) is 20.8. The third-order valence-electron chi connectivity index (χ3n) is 6.90. The maximum absolute atomic E-state index is 13.5. The minimum Gasteiger partial charge on any atom is -0.204 e. The molecule has 28 heavy (non-hydrogen) atoms. The van der Waals surface area contributed by atoms with Crippen LogP contribution in [0.15, 0.2) is 42.5 Å². The van der Waals surface area contributed by atoms with Crippen LogP contribution in [0.4, 0.5) is 8.78 Å². The van der Waals surface area contributed by atoms with E-state index in [0.29, 0.717) is 5.92 Å².